The second kappa shape index (κ2) is 11.3. The Balaban J connectivity index is 1.53. The van der Waals surface area contributed by atoms with E-state index in [-0.39, 0.29) is 12.6 Å². The number of alkyl halides is 2. The van der Waals surface area contributed by atoms with Crippen LogP contribution in [0.4, 0.5) is 20.2 Å². The van der Waals surface area contributed by atoms with Crippen molar-refractivity contribution < 1.29 is 23.7 Å². The molecule has 2 aromatic carbocycles. The molecule has 0 aliphatic carbocycles. The Hall–Kier alpha value is -3.51. The molecule has 0 amide bonds. The number of nitrogens with zero attached hydrogens (tertiary/aromatic N) is 4. The van der Waals surface area contributed by atoms with E-state index < -0.39 is 12.7 Å². The van der Waals surface area contributed by atoms with E-state index in [4.69, 9.17) is 4.74 Å². The van der Waals surface area contributed by atoms with E-state index >= 15 is 0 Å². The number of fused-ring (bicyclic) bond motifs is 1. The van der Waals surface area contributed by atoms with Gasteiger partial charge in [-0.3, -0.25) is 14.5 Å². The number of benzene rings is 2. The molecule has 3 heterocycles. The number of aromatic nitrogens is 3. The number of nitrogens with one attached hydrogen (secondary N) is 2. The molecule has 4 aromatic rings. The lowest BCUT2D eigenvalue weighted by atomic mass is 9.97. The van der Waals surface area contributed by atoms with Gasteiger partial charge in [0.15, 0.2) is 6.29 Å². The zero-order valence-electron chi connectivity index (χ0n) is 22.2. The summed E-state index contributed by atoms with van der Waals surface area (Å²) in [4.78, 5) is 7.37. The molecule has 208 valence electrons. The number of anilines is 2. The molecule has 4 N–H and O–H groups in total. The summed E-state index contributed by atoms with van der Waals surface area (Å²) in [6.07, 6.45) is 1.22. The number of ether oxygens (including phenoxy) is 1. The number of methoxy groups -OCH3 is 1. The van der Waals surface area contributed by atoms with E-state index in [1.807, 2.05) is 37.4 Å². The van der Waals surface area contributed by atoms with Crippen LogP contribution in [-0.4, -0.2) is 74.5 Å². The van der Waals surface area contributed by atoms with Gasteiger partial charge in [-0.25, -0.2) is 8.78 Å². The summed E-state index contributed by atoms with van der Waals surface area (Å²) in [5, 5.41) is 28.5. The van der Waals surface area contributed by atoms with Crippen molar-refractivity contribution >= 4 is 22.3 Å². The molecule has 1 aliphatic heterocycles. The fraction of sp³-hybridized carbons (Fsp3) is 0.393. The molecule has 5 rings (SSSR count). The average molecular weight is 541 g/mol. The molecule has 1 aliphatic rings. The molecule has 0 saturated carbocycles. The molecule has 0 bridgehead atoms. The zero-order valence-corrected chi connectivity index (χ0v) is 22.2. The topological polar surface area (TPSA) is 102 Å². The van der Waals surface area contributed by atoms with Crippen molar-refractivity contribution in [3.8, 4) is 5.75 Å². The molecule has 0 unspecified atom stereocenters. The van der Waals surface area contributed by atoms with Crippen LogP contribution in [0.5, 0.6) is 5.75 Å². The summed E-state index contributed by atoms with van der Waals surface area (Å²) >= 11 is 0. The number of rotatable bonds is 9. The number of aliphatic hydroxyl groups excluding tert-OH is 1. The van der Waals surface area contributed by atoms with Gasteiger partial charge in [0.1, 0.15) is 5.75 Å². The zero-order chi connectivity index (χ0) is 27.7. The third-order valence-electron chi connectivity index (χ3n) is 7.39. The molecule has 1 saturated heterocycles. The van der Waals surface area contributed by atoms with Gasteiger partial charge in [0.2, 0.25) is 0 Å². The highest BCUT2D eigenvalue weighted by Crippen LogP contribution is 2.37. The third kappa shape index (κ3) is 5.76. The minimum Gasteiger partial charge on any atom is -0.496 e. The van der Waals surface area contributed by atoms with Crippen LogP contribution in [0, 0.1) is 6.92 Å². The summed E-state index contributed by atoms with van der Waals surface area (Å²) < 4.78 is 34.1. The van der Waals surface area contributed by atoms with Gasteiger partial charge in [-0.05, 0) is 36.2 Å². The van der Waals surface area contributed by atoms with E-state index in [9.17, 15) is 19.0 Å². The first-order valence-electron chi connectivity index (χ1n) is 12.9. The minimum absolute atomic E-state index is 0.225. The maximum absolute atomic E-state index is 13.4. The van der Waals surface area contributed by atoms with Crippen LogP contribution in [0.1, 0.15) is 34.6 Å². The summed E-state index contributed by atoms with van der Waals surface area (Å²) in [5.41, 5.74) is 5.55. The molecule has 9 nitrogen and oxygen atoms in total. The van der Waals surface area contributed by atoms with Crippen LogP contribution in [0.2, 0.25) is 0 Å². The van der Waals surface area contributed by atoms with Crippen molar-refractivity contribution in [3.63, 3.8) is 0 Å². The average Bonchev–Trinajstić information content (AvgIpc) is 3.55. The maximum Gasteiger partial charge on any atom is 0.251 e. The van der Waals surface area contributed by atoms with Crippen molar-refractivity contribution in [3.05, 3.63) is 71.2 Å². The summed E-state index contributed by atoms with van der Waals surface area (Å²) in [5.74, 6) is 0.783. The number of piperazine rings is 1. The molecule has 1 fully saturated rings. The molecule has 2 aromatic heterocycles. The first-order valence-corrected chi connectivity index (χ1v) is 12.9. The van der Waals surface area contributed by atoms with Crippen LogP contribution in [0.3, 0.4) is 0 Å². The molecule has 1 atom stereocenters. The normalized spacial score (nSPS) is 17.0. The fourth-order valence-corrected chi connectivity index (χ4v) is 5.48. The van der Waals surface area contributed by atoms with Gasteiger partial charge in [0.05, 0.1) is 25.5 Å². The standard InChI is InChI=1S/C28H34F2N6O3/c1-17-10-25(39-3)22(20-6-7-31-27(17)20)14-36-9-8-35(16-26(29)30)15-24(36)18-4-5-21(28(37)38)23(11-18)33-19-12-32-34(2)13-19/h4-7,10-13,24,26,28,31,33,37-38H,8-9,14-16H2,1-3H3/t24-/m0/s1. The van der Waals surface area contributed by atoms with Gasteiger partial charge in [-0.15, -0.1) is 0 Å². The highest BCUT2D eigenvalue weighted by molar-refractivity contribution is 5.88. The Bertz CT molecular complexity index is 1440. The number of aliphatic hydroxyl groups is 2. The quantitative estimate of drug-likeness (QED) is 0.238. The van der Waals surface area contributed by atoms with Crippen molar-refractivity contribution in [2.45, 2.75) is 32.2 Å². The largest absolute Gasteiger partial charge is 0.496 e. The molecular weight excluding hydrogens is 506 g/mol. The smallest absolute Gasteiger partial charge is 0.251 e. The summed E-state index contributed by atoms with van der Waals surface area (Å²) in [6.45, 7) is 3.79. The van der Waals surface area contributed by atoms with E-state index in [0.29, 0.717) is 43.1 Å². The van der Waals surface area contributed by atoms with Crippen molar-refractivity contribution in [2.24, 2.45) is 7.05 Å². The highest BCUT2D eigenvalue weighted by atomic mass is 19.3. The first kappa shape index (κ1) is 27.1. The number of aryl methyl sites for hydroxylation is 2. The first-order chi connectivity index (χ1) is 18.7. The van der Waals surface area contributed by atoms with Crippen molar-refractivity contribution in [2.75, 3.05) is 38.6 Å². The van der Waals surface area contributed by atoms with Crippen molar-refractivity contribution in [1.29, 1.82) is 0 Å². The van der Waals surface area contributed by atoms with Gasteiger partial charge < -0.3 is 25.3 Å². The summed E-state index contributed by atoms with van der Waals surface area (Å²) in [7, 11) is 3.45. The fourth-order valence-electron chi connectivity index (χ4n) is 5.48. The third-order valence-corrected chi connectivity index (χ3v) is 7.39. The Labute approximate surface area is 225 Å². The maximum atomic E-state index is 13.4. The molecule has 0 spiro atoms. The Morgan fingerprint density at radius 1 is 1.21 bits per heavy atom. The number of hydrogen-bond acceptors (Lipinski definition) is 7. The van der Waals surface area contributed by atoms with Crippen LogP contribution in [0.15, 0.2) is 48.9 Å². The van der Waals surface area contributed by atoms with Gasteiger partial charge >= 0.3 is 0 Å². The Morgan fingerprint density at radius 2 is 2.03 bits per heavy atom. The van der Waals surface area contributed by atoms with Gasteiger partial charge in [-0.2, -0.15) is 5.10 Å². The molecular formula is C28H34F2N6O3. The predicted octanol–water partition coefficient (Wildman–Crippen LogP) is 4.07. The lowest BCUT2D eigenvalue weighted by Gasteiger charge is -2.42. The predicted molar refractivity (Wildman–Crippen MR) is 145 cm³/mol. The highest BCUT2D eigenvalue weighted by Gasteiger charge is 2.31. The molecule has 39 heavy (non-hydrogen) atoms. The second-order valence-electron chi connectivity index (χ2n) is 10.0. The van der Waals surface area contributed by atoms with Gasteiger partial charge in [0.25, 0.3) is 6.43 Å². The van der Waals surface area contributed by atoms with E-state index in [0.717, 1.165) is 33.3 Å². The van der Waals surface area contributed by atoms with Crippen LogP contribution in [0.25, 0.3) is 10.9 Å². The number of halogens is 2. The van der Waals surface area contributed by atoms with Gasteiger partial charge in [-0.1, -0.05) is 12.1 Å². The minimum atomic E-state index is -2.43. The summed E-state index contributed by atoms with van der Waals surface area (Å²) in [6, 6.07) is 9.20. The molecule has 0 radical (unpaired) electrons. The van der Waals surface area contributed by atoms with Crippen molar-refractivity contribution in [1.82, 2.24) is 24.6 Å². The number of H-pyrrole nitrogens is 1. The SMILES string of the molecule is COc1cc(C)c2[nH]ccc2c1CN1CCN(CC(F)F)C[C@H]1c1ccc(C(O)O)c(Nc2cnn(C)c2)c1. The lowest BCUT2D eigenvalue weighted by Crippen LogP contribution is -2.49. The number of aromatic amines is 1. The Morgan fingerprint density at radius 3 is 2.72 bits per heavy atom. The van der Waals surface area contributed by atoms with E-state index in [2.05, 4.69) is 20.3 Å². The van der Waals surface area contributed by atoms with Crippen LogP contribution < -0.4 is 10.1 Å². The van der Waals surface area contributed by atoms with E-state index in [1.165, 1.54) is 0 Å². The molecule has 11 heteroatoms. The van der Waals surface area contributed by atoms with Crippen LogP contribution >= 0.6 is 0 Å². The van der Waals surface area contributed by atoms with E-state index in [1.54, 1.807) is 42.2 Å². The van der Waals surface area contributed by atoms with Crippen LogP contribution in [-0.2, 0) is 13.6 Å². The monoisotopic (exact) mass is 540 g/mol. The second-order valence-corrected chi connectivity index (χ2v) is 10.0. The lowest BCUT2D eigenvalue weighted by molar-refractivity contribution is -0.0419. The number of hydrogen-bond donors (Lipinski definition) is 4. The Kier molecular flexibility index (Phi) is 7.85. The van der Waals surface area contributed by atoms with Gasteiger partial charge in [0, 0.05) is 79.4 Å².